The van der Waals surface area contributed by atoms with E-state index in [0.29, 0.717) is 13.1 Å². The molecule has 0 saturated carbocycles. The maximum atomic E-state index is 12.4. The van der Waals surface area contributed by atoms with Crippen molar-refractivity contribution in [3.05, 3.63) is 17.6 Å². The van der Waals surface area contributed by atoms with Crippen LogP contribution in [-0.4, -0.2) is 38.4 Å². The average Bonchev–Trinajstić information content (AvgIpc) is 2.80. The molecule has 20 heavy (non-hydrogen) atoms. The summed E-state index contributed by atoms with van der Waals surface area (Å²) in [5, 5.41) is 5.07. The van der Waals surface area contributed by atoms with E-state index in [1.165, 1.54) is 13.0 Å². The van der Waals surface area contributed by atoms with Gasteiger partial charge >= 0.3 is 0 Å². The van der Waals surface area contributed by atoms with E-state index in [1.54, 1.807) is 4.90 Å². The van der Waals surface area contributed by atoms with Gasteiger partial charge in [-0.15, -0.1) is 0 Å². The lowest BCUT2D eigenvalue weighted by molar-refractivity contribution is 0.0589. The molecule has 0 radical (unpaired) electrons. The quantitative estimate of drug-likeness (QED) is 0.825. The van der Waals surface area contributed by atoms with Crippen LogP contribution in [0.25, 0.3) is 0 Å². The molecule has 2 heterocycles. The Labute approximate surface area is 118 Å². The predicted octanol–water partition coefficient (Wildman–Crippen LogP) is 0.189. The van der Waals surface area contributed by atoms with Crippen molar-refractivity contribution in [3.8, 4) is 0 Å². The molecular formula is C12H19N3O4S. The summed E-state index contributed by atoms with van der Waals surface area (Å²) in [5.74, 6) is -0.220. The smallest absolute Gasteiger partial charge is 0.289 e. The second-order valence-electron chi connectivity index (χ2n) is 4.96. The number of hydrogen-bond acceptors (Lipinski definition) is 5. The maximum Gasteiger partial charge on any atom is 0.289 e. The van der Waals surface area contributed by atoms with E-state index in [0.717, 1.165) is 19.3 Å². The molecule has 1 amide bonds. The molecule has 112 valence electrons. The summed E-state index contributed by atoms with van der Waals surface area (Å²) >= 11 is 0. The zero-order valence-corrected chi connectivity index (χ0v) is 12.1. The van der Waals surface area contributed by atoms with Crippen LogP contribution < -0.4 is 10.9 Å². The lowest BCUT2D eigenvalue weighted by atomic mass is 10.0. The van der Waals surface area contributed by atoms with Gasteiger partial charge in [0.25, 0.3) is 5.91 Å². The van der Waals surface area contributed by atoms with Crippen LogP contribution in [-0.2, 0) is 10.0 Å². The monoisotopic (exact) mass is 301 g/mol. The molecule has 1 aliphatic rings. The number of rotatable bonds is 3. The third-order valence-electron chi connectivity index (χ3n) is 3.55. The molecule has 7 nitrogen and oxygen atoms in total. The topological polar surface area (TPSA) is 120 Å². The molecule has 1 saturated heterocycles. The van der Waals surface area contributed by atoms with Crippen molar-refractivity contribution in [2.45, 2.75) is 37.1 Å². The van der Waals surface area contributed by atoms with Crippen molar-refractivity contribution < 1.29 is 17.6 Å². The summed E-state index contributed by atoms with van der Waals surface area (Å²) in [6, 6.07) is 1.16. The Balaban J connectivity index is 2.29. The summed E-state index contributed by atoms with van der Waals surface area (Å²) in [6.45, 7) is 2.45. The lowest BCUT2D eigenvalue weighted by Gasteiger charge is -2.34. The zero-order valence-electron chi connectivity index (χ0n) is 11.3. The first kappa shape index (κ1) is 15.0. The first-order valence-corrected chi connectivity index (χ1v) is 8.03. The number of hydrogen-bond donors (Lipinski definition) is 2. The highest BCUT2D eigenvalue weighted by molar-refractivity contribution is 7.89. The second-order valence-corrected chi connectivity index (χ2v) is 6.49. The van der Waals surface area contributed by atoms with Gasteiger partial charge in [0.05, 0.1) is 0 Å². The van der Waals surface area contributed by atoms with Gasteiger partial charge in [0.1, 0.15) is 10.7 Å². The fourth-order valence-corrected chi connectivity index (χ4v) is 3.22. The Morgan fingerprint density at radius 1 is 1.50 bits per heavy atom. The normalized spacial score (nSPS) is 20.1. The Morgan fingerprint density at radius 2 is 2.20 bits per heavy atom. The Bertz CT molecular complexity index is 608. The minimum Gasteiger partial charge on any atom is -0.455 e. The number of furan rings is 1. The minimum atomic E-state index is -3.89. The number of piperidine rings is 1. The van der Waals surface area contributed by atoms with Gasteiger partial charge < -0.3 is 15.1 Å². The van der Waals surface area contributed by atoms with Gasteiger partial charge in [0, 0.05) is 25.2 Å². The van der Waals surface area contributed by atoms with Crippen molar-refractivity contribution in [3.63, 3.8) is 0 Å². The van der Waals surface area contributed by atoms with Crippen LogP contribution in [0.5, 0.6) is 0 Å². The van der Waals surface area contributed by atoms with Gasteiger partial charge in [-0.25, -0.2) is 13.6 Å². The molecule has 0 aliphatic carbocycles. The van der Waals surface area contributed by atoms with Crippen molar-refractivity contribution in [2.24, 2.45) is 10.9 Å². The molecule has 1 fully saturated rings. The van der Waals surface area contributed by atoms with E-state index in [2.05, 4.69) is 0 Å². The number of carbonyl (C=O) groups excluding carboxylic acids is 1. The predicted molar refractivity (Wildman–Crippen MR) is 72.5 cm³/mol. The van der Waals surface area contributed by atoms with Gasteiger partial charge in [-0.2, -0.15) is 0 Å². The third-order valence-corrected chi connectivity index (χ3v) is 4.57. The summed E-state index contributed by atoms with van der Waals surface area (Å²) in [6.07, 6.45) is 2.79. The highest BCUT2D eigenvalue weighted by Gasteiger charge is 2.30. The summed E-state index contributed by atoms with van der Waals surface area (Å²) < 4.78 is 28.0. The number of likely N-dealkylation sites (tertiary alicyclic amines) is 1. The molecule has 1 aromatic rings. The fourth-order valence-electron chi connectivity index (χ4n) is 2.51. The minimum absolute atomic E-state index is 0.00752. The fraction of sp³-hybridized carbons (Fsp3) is 0.583. The molecule has 1 aromatic heterocycles. The van der Waals surface area contributed by atoms with E-state index in [-0.39, 0.29) is 28.4 Å². The number of aryl methyl sites for hydroxylation is 1. The maximum absolute atomic E-state index is 12.4. The molecule has 4 N–H and O–H groups in total. The molecular weight excluding hydrogens is 282 g/mol. The molecule has 0 bridgehead atoms. The number of nitrogens with two attached hydrogens (primary N) is 2. The van der Waals surface area contributed by atoms with Crippen LogP contribution in [0.2, 0.25) is 0 Å². The van der Waals surface area contributed by atoms with Crippen LogP contribution in [0, 0.1) is 6.92 Å². The Hall–Kier alpha value is -1.38. The van der Waals surface area contributed by atoms with E-state index < -0.39 is 10.0 Å². The van der Waals surface area contributed by atoms with Gasteiger partial charge in [0.15, 0.2) is 5.76 Å². The third kappa shape index (κ3) is 2.87. The lowest BCUT2D eigenvalue weighted by Crippen LogP contribution is -2.47. The van der Waals surface area contributed by atoms with Crippen LogP contribution in [0.15, 0.2) is 15.4 Å². The van der Waals surface area contributed by atoms with Crippen LogP contribution in [0.4, 0.5) is 0 Å². The summed E-state index contributed by atoms with van der Waals surface area (Å²) in [5.41, 5.74) is 5.67. The second kappa shape index (κ2) is 5.55. The van der Waals surface area contributed by atoms with Gasteiger partial charge in [-0.05, 0) is 26.2 Å². The van der Waals surface area contributed by atoms with Gasteiger partial charge in [-0.1, -0.05) is 0 Å². The number of carbonyl (C=O) groups is 1. The standard InChI is InChI=1S/C12H19N3O4S/c1-8-11(20(14,17)18)6-10(19-8)12(16)15-5-3-2-4-9(15)7-13/h6,9H,2-5,7,13H2,1H3,(H2,14,17,18). The van der Waals surface area contributed by atoms with Gasteiger partial charge in [0.2, 0.25) is 10.0 Å². The first-order chi connectivity index (χ1) is 9.34. The highest BCUT2D eigenvalue weighted by Crippen LogP contribution is 2.23. The molecule has 8 heteroatoms. The van der Waals surface area contributed by atoms with Crippen LogP contribution in [0.3, 0.4) is 0 Å². The molecule has 0 aromatic carbocycles. The van der Waals surface area contributed by atoms with Crippen LogP contribution in [0.1, 0.15) is 35.6 Å². The van der Waals surface area contributed by atoms with Crippen molar-refractivity contribution in [1.29, 1.82) is 0 Å². The van der Waals surface area contributed by atoms with E-state index >= 15 is 0 Å². The van der Waals surface area contributed by atoms with Crippen molar-refractivity contribution >= 4 is 15.9 Å². The summed E-state index contributed by atoms with van der Waals surface area (Å²) in [4.78, 5) is 13.9. The number of amides is 1. The molecule has 1 aliphatic heterocycles. The molecule has 1 unspecified atom stereocenters. The molecule has 2 rings (SSSR count). The van der Waals surface area contributed by atoms with E-state index in [1.807, 2.05) is 0 Å². The number of primary sulfonamides is 1. The number of nitrogens with zero attached hydrogens (tertiary/aromatic N) is 1. The molecule has 1 atom stereocenters. The highest BCUT2D eigenvalue weighted by atomic mass is 32.2. The Morgan fingerprint density at radius 3 is 2.75 bits per heavy atom. The van der Waals surface area contributed by atoms with Crippen molar-refractivity contribution in [2.75, 3.05) is 13.1 Å². The number of sulfonamides is 1. The average molecular weight is 301 g/mol. The molecule has 0 spiro atoms. The zero-order chi connectivity index (χ0) is 14.9. The van der Waals surface area contributed by atoms with Crippen molar-refractivity contribution in [1.82, 2.24) is 4.90 Å². The Kier molecular flexibility index (Phi) is 4.17. The van der Waals surface area contributed by atoms with Crippen LogP contribution >= 0.6 is 0 Å². The first-order valence-electron chi connectivity index (χ1n) is 6.49. The summed E-state index contributed by atoms with van der Waals surface area (Å²) in [7, 11) is -3.89. The van der Waals surface area contributed by atoms with E-state index in [4.69, 9.17) is 15.3 Å². The van der Waals surface area contributed by atoms with E-state index in [9.17, 15) is 13.2 Å². The largest absolute Gasteiger partial charge is 0.455 e. The van der Waals surface area contributed by atoms with Gasteiger partial charge in [-0.3, -0.25) is 4.79 Å². The SMILES string of the molecule is Cc1oc(C(=O)N2CCCCC2CN)cc1S(N)(=O)=O.